The van der Waals surface area contributed by atoms with Crippen LogP contribution >= 0.6 is 35.2 Å². The molecule has 2 aromatic rings. The van der Waals surface area contributed by atoms with E-state index >= 15 is 0 Å². The van der Waals surface area contributed by atoms with Crippen molar-refractivity contribution in [3.63, 3.8) is 0 Å². The smallest absolute Gasteiger partial charge is 0.436 e. The van der Waals surface area contributed by atoms with E-state index in [1.165, 1.54) is 23.2 Å². The zero-order valence-electron chi connectivity index (χ0n) is 9.25. The summed E-state index contributed by atoms with van der Waals surface area (Å²) in [6, 6.07) is 7.13. The van der Waals surface area contributed by atoms with Crippen molar-refractivity contribution >= 4 is 41.3 Å². The monoisotopic (exact) mass is 301 g/mol. The lowest BCUT2D eigenvalue weighted by Gasteiger charge is -2.07. The van der Waals surface area contributed by atoms with E-state index < -0.39 is 6.16 Å². The van der Waals surface area contributed by atoms with E-state index in [1.807, 2.05) is 12.1 Å². The molecule has 0 spiro atoms. The fourth-order valence-electron chi connectivity index (χ4n) is 1.30. The lowest BCUT2D eigenvalue weighted by Crippen LogP contribution is -2.20. The van der Waals surface area contributed by atoms with Crippen LogP contribution < -0.4 is 4.84 Å². The van der Waals surface area contributed by atoms with E-state index in [2.05, 4.69) is 4.74 Å². The number of benzene rings is 1. The third-order valence-corrected chi connectivity index (χ3v) is 3.54. The number of hydrogen-bond donors (Lipinski definition) is 0. The maximum Gasteiger partial charge on any atom is 0.533 e. The quantitative estimate of drug-likeness (QED) is 0.625. The maximum absolute atomic E-state index is 11.1. The number of carbonyl (C=O) groups excluding carboxylic acids is 1. The Morgan fingerprint density at radius 1 is 1.39 bits per heavy atom. The van der Waals surface area contributed by atoms with Gasteiger partial charge in [0.2, 0.25) is 0 Å². The molecule has 1 heterocycles. The highest BCUT2D eigenvalue weighted by Crippen LogP contribution is 2.24. The van der Waals surface area contributed by atoms with E-state index in [9.17, 15) is 4.79 Å². The van der Waals surface area contributed by atoms with Gasteiger partial charge in [0, 0.05) is 16.0 Å². The molecule has 0 saturated heterocycles. The first-order chi connectivity index (χ1) is 8.61. The Morgan fingerprint density at radius 2 is 2.06 bits per heavy atom. The molecule has 0 atom stereocenters. The van der Waals surface area contributed by atoms with Gasteiger partial charge in [0.25, 0.3) is 0 Å². The summed E-state index contributed by atoms with van der Waals surface area (Å²) in [7, 11) is 1.24. The summed E-state index contributed by atoms with van der Waals surface area (Å²) in [6.45, 7) is 0. The van der Waals surface area contributed by atoms with Crippen LogP contribution in [-0.2, 0) is 4.74 Å². The van der Waals surface area contributed by atoms with Crippen LogP contribution in [0.25, 0.3) is 11.3 Å². The molecule has 7 heteroatoms. The van der Waals surface area contributed by atoms with Crippen molar-refractivity contribution in [3.8, 4) is 11.3 Å². The van der Waals surface area contributed by atoms with Gasteiger partial charge in [-0.3, -0.25) is 4.84 Å². The number of hydrogen-bond acceptors (Lipinski definition) is 5. The Labute approximate surface area is 117 Å². The fourth-order valence-corrected chi connectivity index (χ4v) is 2.39. The fraction of sp³-hybridized carbons (Fsp3) is 0.0909. The van der Waals surface area contributed by atoms with Gasteiger partial charge in [-0.05, 0) is 24.4 Å². The third-order valence-electron chi connectivity index (χ3n) is 2.13. The van der Waals surface area contributed by atoms with Gasteiger partial charge >= 0.3 is 6.16 Å². The molecule has 0 aliphatic carbocycles. The molecular weight excluding hydrogens is 294 g/mol. The second-order valence-electron chi connectivity index (χ2n) is 3.23. The Kier molecular flexibility index (Phi) is 4.00. The van der Waals surface area contributed by atoms with Crippen molar-refractivity contribution < 1.29 is 14.4 Å². The highest BCUT2D eigenvalue weighted by molar-refractivity contribution is 7.73. The molecule has 0 aliphatic rings. The van der Waals surface area contributed by atoms with Crippen LogP contribution in [0.1, 0.15) is 0 Å². The van der Waals surface area contributed by atoms with E-state index in [-0.39, 0.29) is 0 Å². The largest absolute Gasteiger partial charge is 0.533 e. The van der Waals surface area contributed by atoms with Gasteiger partial charge < -0.3 is 4.74 Å². The first-order valence-corrected chi connectivity index (χ1v) is 6.51. The minimum Gasteiger partial charge on any atom is -0.436 e. The van der Waals surface area contributed by atoms with Gasteiger partial charge in [0.05, 0.1) is 7.11 Å². The summed E-state index contributed by atoms with van der Waals surface area (Å²) in [6.07, 6.45) is -0.820. The van der Waals surface area contributed by atoms with E-state index in [4.69, 9.17) is 28.7 Å². The molecule has 1 aromatic heterocycles. The van der Waals surface area contributed by atoms with E-state index in [0.717, 1.165) is 5.56 Å². The molecule has 0 unspecified atom stereocenters. The maximum atomic E-state index is 11.1. The summed E-state index contributed by atoms with van der Waals surface area (Å²) in [5.74, 6) is 0. The molecule has 0 bridgehead atoms. The average molecular weight is 302 g/mol. The number of thiazole rings is 1. The summed E-state index contributed by atoms with van der Waals surface area (Å²) >= 11 is 12.2. The van der Waals surface area contributed by atoms with E-state index in [1.54, 1.807) is 17.5 Å². The standard InChI is InChI=1S/C11H8ClNO3S2/c1-15-11(14)16-13-9(6-18-10(13)17)7-2-4-8(12)5-3-7/h2-6H,1H3. The number of carbonyl (C=O) groups is 1. The van der Waals surface area contributed by atoms with Crippen molar-refractivity contribution in [1.29, 1.82) is 0 Å². The lowest BCUT2D eigenvalue weighted by molar-refractivity contribution is 0.0652. The first-order valence-electron chi connectivity index (χ1n) is 4.84. The molecule has 4 nitrogen and oxygen atoms in total. The van der Waals surface area contributed by atoms with Crippen LogP contribution in [0.15, 0.2) is 29.6 Å². The van der Waals surface area contributed by atoms with Gasteiger partial charge in [0.15, 0.2) is 3.95 Å². The Balaban J connectivity index is 2.42. The Morgan fingerprint density at radius 3 is 2.67 bits per heavy atom. The average Bonchev–Trinajstić information content (AvgIpc) is 2.72. The van der Waals surface area contributed by atoms with Crippen LogP contribution in [-0.4, -0.2) is 18.0 Å². The second kappa shape index (κ2) is 5.51. The van der Waals surface area contributed by atoms with Crippen LogP contribution in [0.2, 0.25) is 5.02 Å². The molecule has 94 valence electrons. The molecule has 0 radical (unpaired) electrons. The van der Waals surface area contributed by atoms with Crippen LogP contribution in [0.5, 0.6) is 0 Å². The topological polar surface area (TPSA) is 40.5 Å². The van der Waals surface area contributed by atoms with Crippen LogP contribution in [0, 0.1) is 3.95 Å². The zero-order valence-corrected chi connectivity index (χ0v) is 11.6. The minimum atomic E-state index is -0.820. The highest BCUT2D eigenvalue weighted by atomic mass is 35.5. The molecular formula is C11H8ClNO3S2. The molecule has 0 amide bonds. The molecule has 1 aromatic carbocycles. The number of ether oxygens (including phenoxy) is 1. The van der Waals surface area contributed by atoms with Gasteiger partial charge in [0.1, 0.15) is 5.69 Å². The van der Waals surface area contributed by atoms with Gasteiger partial charge in [-0.2, -0.15) is 0 Å². The van der Waals surface area contributed by atoms with E-state index in [0.29, 0.717) is 14.7 Å². The number of nitrogens with zero attached hydrogens (tertiary/aromatic N) is 1. The van der Waals surface area contributed by atoms with Crippen LogP contribution in [0.3, 0.4) is 0 Å². The van der Waals surface area contributed by atoms with Crippen LogP contribution in [0.4, 0.5) is 4.79 Å². The van der Waals surface area contributed by atoms with Gasteiger partial charge in [-0.25, -0.2) is 4.79 Å². The van der Waals surface area contributed by atoms with Crippen molar-refractivity contribution in [2.75, 3.05) is 7.11 Å². The van der Waals surface area contributed by atoms with Crippen molar-refractivity contribution in [3.05, 3.63) is 38.6 Å². The predicted octanol–water partition coefficient (Wildman–Crippen LogP) is 3.79. The minimum absolute atomic E-state index is 0.422. The Hall–Kier alpha value is -1.37. The summed E-state index contributed by atoms with van der Waals surface area (Å²) in [5, 5.41) is 2.43. The summed E-state index contributed by atoms with van der Waals surface area (Å²) in [5.41, 5.74) is 1.52. The molecule has 2 rings (SSSR count). The zero-order chi connectivity index (χ0) is 13.1. The Bertz CT molecular complexity index is 618. The molecule has 0 fully saturated rings. The summed E-state index contributed by atoms with van der Waals surface area (Å²) in [4.78, 5) is 16.1. The second-order valence-corrected chi connectivity index (χ2v) is 5.17. The third kappa shape index (κ3) is 2.72. The highest BCUT2D eigenvalue weighted by Gasteiger charge is 2.12. The van der Waals surface area contributed by atoms with Gasteiger partial charge in [-0.15, -0.1) is 16.1 Å². The van der Waals surface area contributed by atoms with Crippen molar-refractivity contribution in [1.82, 2.24) is 4.73 Å². The predicted molar refractivity (Wildman–Crippen MR) is 72.6 cm³/mol. The van der Waals surface area contributed by atoms with Crippen molar-refractivity contribution in [2.45, 2.75) is 0 Å². The molecule has 0 N–H and O–H groups in total. The molecule has 0 aliphatic heterocycles. The number of methoxy groups -OCH3 is 1. The van der Waals surface area contributed by atoms with Gasteiger partial charge in [-0.1, -0.05) is 23.7 Å². The summed E-state index contributed by atoms with van der Waals surface area (Å²) < 4.78 is 6.12. The first kappa shape index (κ1) is 13.1. The number of halogens is 1. The number of aromatic nitrogens is 1. The van der Waals surface area contributed by atoms with Crippen molar-refractivity contribution in [2.24, 2.45) is 0 Å². The SMILES string of the molecule is COC(=O)On1c(-c2ccc(Cl)cc2)csc1=S. The number of rotatable bonds is 2. The molecule has 18 heavy (non-hydrogen) atoms. The molecule has 0 saturated carbocycles. The normalized spacial score (nSPS) is 10.1. The lowest BCUT2D eigenvalue weighted by atomic mass is 10.2.